The molecule has 0 radical (unpaired) electrons. The van der Waals surface area contributed by atoms with Gasteiger partial charge in [0.05, 0.1) is 0 Å². The summed E-state index contributed by atoms with van der Waals surface area (Å²) in [5, 5.41) is 0. The summed E-state index contributed by atoms with van der Waals surface area (Å²) in [6, 6.07) is 9.75. The van der Waals surface area contributed by atoms with E-state index in [1.807, 2.05) is 35.2 Å². The monoisotopic (exact) mass is 340 g/mol. The van der Waals surface area contributed by atoms with Crippen molar-refractivity contribution in [3.8, 4) is 0 Å². The molecule has 4 heteroatoms. The minimum absolute atomic E-state index is 0.114. The van der Waals surface area contributed by atoms with Crippen LogP contribution in [-0.2, 0) is 4.79 Å². The number of nitrogens with zero attached hydrogens (tertiary/aromatic N) is 2. The lowest BCUT2D eigenvalue weighted by Crippen LogP contribution is -2.48. The predicted molar refractivity (Wildman–Crippen MR) is 97.1 cm³/mol. The standard InChI is InChI=1S/C21H28N2O2/c24-20(12-16-6-4-5-7-16)23-14-17-10-11-19(23)15-22(13-17)21(25)18-8-2-1-3-9-18/h1-3,8-9,16-17,19H,4-7,10-15H2/t17-,19+/m1/s1. The summed E-state index contributed by atoms with van der Waals surface area (Å²) in [4.78, 5) is 29.8. The fourth-order valence-corrected chi connectivity index (χ4v) is 4.90. The van der Waals surface area contributed by atoms with E-state index >= 15 is 0 Å². The maximum absolute atomic E-state index is 12.9. The van der Waals surface area contributed by atoms with Gasteiger partial charge in [0.15, 0.2) is 0 Å². The van der Waals surface area contributed by atoms with Crippen LogP contribution in [0, 0.1) is 11.8 Å². The van der Waals surface area contributed by atoms with Gasteiger partial charge in [0.25, 0.3) is 5.91 Å². The average Bonchev–Trinajstić information content (AvgIpc) is 2.98. The van der Waals surface area contributed by atoms with Gasteiger partial charge in [-0.15, -0.1) is 0 Å². The van der Waals surface area contributed by atoms with Crippen LogP contribution in [0.25, 0.3) is 0 Å². The third-order valence-electron chi connectivity index (χ3n) is 6.28. The Kier molecular flexibility index (Phi) is 4.78. The van der Waals surface area contributed by atoms with Gasteiger partial charge in [-0.25, -0.2) is 0 Å². The molecule has 4 aliphatic rings. The van der Waals surface area contributed by atoms with Crippen molar-refractivity contribution < 1.29 is 9.59 Å². The summed E-state index contributed by atoms with van der Waals surface area (Å²) in [7, 11) is 0. The highest BCUT2D eigenvalue weighted by Crippen LogP contribution is 2.32. The number of benzene rings is 1. The molecule has 3 aliphatic heterocycles. The first-order chi connectivity index (χ1) is 12.2. The largest absolute Gasteiger partial charge is 0.338 e. The van der Waals surface area contributed by atoms with Crippen LogP contribution >= 0.6 is 0 Å². The van der Waals surface area contributed by atoms with Crippen molar-refractivity contribution >= 4 is 11.8 Å². The molecule has 0 N–H and O–H groups in total. The third kappa shape index (κ3) is 3.58. The van der Waals surface area contributed by atoms with Crippen molar-refractivity contribution in [3.05, 3.63) is 35.9 Å². The van der Waals surface area contributed by atoms with Crippen molar-refractivity contribution in [1.82, 2.24) is 9.80 Å². The van der Waals surface area contributed by atoms with Crippen molar-refractivity contribution in [1.29, 1.82) is 0 Å². The predicted octanol–water partition coefficient (Wildman–Crippen LogP) is 3.33. The molecule has 3 heterocycles. The summed E-state index contributed by atoms with van der Waals surface area (Å²) in [6.45, 7) is 2.33. The molecule has 2 amide bonds. The number of hydrogen-bond acceptors (Lipinski definition) is 2. The zero-order valence-corrected chi connectivity index (χ0v) is 14.9. The molecule has 25 heavy (non-hydrogen) atoms. The van der Waals surface area contributed by atoms with E-state index in [1.165, 1.54) is 25.7 Å². The lowest BCUT2D eigenvalue weighted by atomic mass is 9.93. The highest BCUT2D eigenvalue weighted by atomic mass is 16.2. The highest BCUT2D eigenvalue weighted by molar-refractivity contribution is 5.94. The Bertz CT molecular complexity index is 624. The molecule has 2 atom stereocenters. The van der Waals surface area contributed by atoms with Crippen molar-refractivity contribution in [2.24, 2.45) is 11.8 Å². The summed E-state index contributed by atoms with van der Waals surface area (Å²) in [6.07, 6.45) is 7.89. The third-order valence-corrected chi connectivity index (χ3v) is 6.28. The minimum atomic E-state index is 0.114. The van der Waals surface area contributed by atoms with E-state index in [9.17, 15) is 9.59 Å². The zero-order valence-electron chi connectivity index (χ0n) is 14.9. The summed E-state index contributed by atoms with van der Waals surface area (Å²) in [5.41, 5.74) is 0.757. The Hall–Kier alpha value is -1.84. The molecule has 0 aromatic heterocycles. The van der Waals surface area contributed by atoms with Crippen LogP contribution in [0.4, 0.5) is 0 Å². The second-order valence-corrected chi connectivity index (χ2v) is 8.07. The number of hydrogen-bond donors (Lipinski definition) is 0. The Morgan fingerprint density at radius 2 is 1.68 bits per heavy atom. The van der Waals surface area contributed by atoms with Crippen molar-refractivity contribution in [3.63, 3.8) is 0 Å². The first-order valence-electron chi connectivity index (χ1n) is 9.84. The number of piperidine rings is 1. The van der Waals surface area contributed by atoms with Gasteiger partial charge in [-0.05, 0) is 49.7 Å². The lowest BCUT2D eigenvalue weighted by molar-refractivity contribution is -0.136. The second kappa shape index (κ2) is 7.19. The average molecular weight is 340 g/mol. The van der Waals surface area contributed by atoms with E-state index in [-0.39, 0.29) is 11.9 Å². The van der Waals surface area contributed by atoms with Crippen LogP contribution in [0.1, 0.15) is 55.3 Å². The highest BCUT2D eigenvalue weighted by Gasteiger charge is 2.39. The quantitative estimate of drug-likeness (QED) is 0.847. The Labute approximate surface area is 150 Å². The first kappa shape index (κ1) is 16.6. The van der Waals surface area contributed by atoms with E-state index in [0.29, 0.717) is 24.3 Å². The molecule has 4 nitrogen and oxygen atoms in total. The first-order valence-corrected chi connectivity index (χ1v) is 9.84. The summed E-state index contributed by atoms with van der Waals surface area (Å²) < 4.78 is 0. The Morgan fingerprint density at radius 1 is 0.920 bits per heavy atom. The van der Waals surface area contributed by atoms with Crippen LogP contribution in [-0.4, -0.2) is 47.3 Å². The molecule has 1 saturated carbocycles. The molecule has 4 fully saturated rings. The molecule has 0 unspecified atom stereocenters. The maximum Gasteiger partial charge on any atom is 0.253 e. The fourth-order valence-electron chi connectivity index (χ4n) is 4.90. The molecule has 5 rings (SSSR count). The van der Waals surface area contributed by atoms with Crippen LogP contribution in [0.5, 0.6) is 0 Å². The number of carbonyl (C=O) groups excluding carboxylic acids is 2. The molecule has 134 valence electrons. The van der Waals surface area contributed by atoms with E-state index in [0.717, 1.165) is 37.9 Å². The number of rotatable bonds is 3. The molecule has 2 bridgehead atoms. The Morgan fingerprint density at radius 3 is 2.44 bits per heavy atom. The number of carbonyl (C=O) groups is 2. The number of fused-ring (bicyclic) bond motifs is 4. The van der Waals surface area contributed by atoms with Gasteiger partial charge in [0.1, 0.15) is 0 Å². The zero-order chi connectivity index (χ0) is 17.2. The molecule has 1 aromatic rings. The van der Waals surface area contributed by atoms with Crippen LogP contribution < -0.4 is 0 Å². The molecular formula is C21H28N2O2. The second-order valence-electron chi connectivity index (χ2n) is 8.07. The molecule has 3 saturated heterocycles. The smallest absolute Gasteiger partial charge is 0.253 e. The number of amides is 2. The molecule has 1 aromatic carbocycles. The topological polar surface area (TPSA) is 40.6 Å². The lowest BCUT2D eigenvalue weighted by Gasteiger charge is -2.36. The normalized spacial score (nSPS) is 26.7. The molecule has 0 spiro atoms. The maximum atomic E-state index is 12.9. The van der Waals surface area contributed by atoms with Gasteiger partial charge in [-0.3, -0.25) is 9.59 Å². The fraction of sp³-hybridized carbons (Fsp3) is 0.619. The van der Waals surface area contributed by atoms with Crippen molar-refractivity contribution in [2.75, 3.05) is 19.6 Å². The van der Waals surface area contributed by atoms with E-state index < -0.39 is 0 Å². The van der Waals surface area contributed by atoms with Gasteiger partial charge in [0.2, 0.25) is 5.91 Å². The van der Waals surface area contributed by atoms with Gasteiger partial charge in [0, 0.05) is 37.7 Å². The van der Waals surface area contributed by atoms with Gasteiger partial charge in [-0.2, -0.15) is 0 Å². The van der Waals surface area contributed by atoms with Crippen LogP contribution in [0.2, 0.25) is 0 Å². The van der Waals surface area contributed by atoms with Crippen LogP contribution in [0.3, 0.4) is 0 Å². The minimum Gasteiger partial charge on any atom is -0.338 e. The van der Waals surface area contributed by atoms with Gasteiger partial charge >= 0.3 is 0 Å². The van der Waals surface area contributed by atoms with E-state index in [2.05, 4.69) is 4.90 Å². The van der Waals surface area contributed by atoms with Gasteiger partial charge < -0.3 is 9.80 Å². The van der Waals surface area contributed by atoms with Crippen LogP contribution in [0.15, 0.2) is 30.3 Å². The summed E-state index contributed by atoms with van der Waals surface area (Å²) in [5.74, 6) is 1.47. The van der Waals surface area contributed by atoms with E-state index in [1.54, 1.807) is 0 Å². The van der Waals surface area contributed by atoms with Gasteiger partial charge in [-0.1, -0.05) is 31.0 Å². The molecular weight excluding hydrogens is 312 g/mol. The Balaban J connectivity index is 1.45. The molecule has 1 aliphatic carbocycles. The SMILES string of the molecule is O=C(c1ccccc1)N1C[C@H]2CC[C@@H](C1)N(C(=O)CC1CCCC1)C2. The summed E-state index contributed by atoms with van der Waals surface area (Å²) >= 11 is 0. The van der Waals surface area contributed by atoms with Crippen molar-refractivity contribution in [2.45, 2.75) is 51.0 Å². The van der Waals surface area contributed by atoms with E-state index in [4.69, 9.17) is 0 Å².